The highest BCUT2D eigenvalue weighted by Gasteiger charge is 2.15. The number of carbonyl (C=O) groups excluding carboxylic acids is 1. The van der Waals surface area contributed by atoms with Gasteiger partial charge in [0.05, 0.1) is 12.1 Å². The van der Waals surface area contributed by atoms with Gasteiger partial charge in [-0.15, -0.1) is 11.3 Å². The fourth-order valence-corrected chi connectivity index (χ4v) is 2.79. The quantitative estimate of drug-likeness (QED) is 0.856. The summed E-state index contributed by atoms with van der Waals surface area (Å²) in [6.45, 7) is 1.78. The molecule has 0 atom stereocenters. The van der Waals surface area contributed by atoms with Gasteiger partial charge in [-0.25, -0.2) is 4.98 Å². The molecule has 8 heteroatoms. The lowest BCUT2D eigenvalue weighted by atomic mass is 10.2. The second-order valence-corrected chi connectivity index (χ2v) is 5.84. The van der Waals surface area contributed by atoms with Crippen LogP contribution in [0.15, 0.2) is 21.2 Å². The van der Waals surface area contributed by atoms with Gasteiger partial charge in [-0.05, 0) is 41.4 Å². The highest BCUT2D eigenvalue weighted by Crippen LogP contribution is 2.24. The van der Waals surface area contributed by atoms with E-state index in [1.165, 1.54) is 11.3 Å². The predicted octanol–water partition coefficient (Wildman–Crippen LogP) is 3.08. The van der Waals surface area contributed by atoms with Crippen molar-refractivity contribution in [3.63, 3.8) is 0 Å². The van der Waals surface area contributed by atoms with Crippen LogP contribution in [0.2, 0.25) is 0 Å². The van der Waals surface area contributed by atoms with E-state index < -0.39 is 11.9 Å². The number of furan rings is 1. The average Bonchev–Trinajstić information content (AvgIpc) is 2.93. The van der Waals surface area contributed by atoms with E-state index in [4.69, 9.17) is 9.52 Å². The molecule has 20 heavy (non-hydrogen) atoms. The Balaban J connectivity index is 2.05. The van der Waals surface area contributed by atoms with Crippen LogP contribution >= 0.6 is 27.3 Å². The molecule has 0 saturated carbocycles. The van der Waals surface area contributed by atoms with E-state index in [1.807, 2.05) is 0 Å². The number of hydrogen-bond donors (Lipinski definition) is 2. The monoisotopic (exact) mass is 358 g/mol. The van der Waals surface area contributed by atoms with Gasteiger partial charge in [0.15, 0.2) is 15.6 Å². The maximum Gasteiger partial charge on any atom is 0.303 e. The summed E-state index contributed by atoms with van der Waals surface area (Å²) in [6.07, 6.45) is 0.447. The summed E-state index contributed by atoms with van der Waals surface area (Å²) in [5.41, 5.74) is 0.729. The third-order valence-electron chi connectivity index (χ3n) is 2.48. The first kappa shape index (κ1) is 14.7. The smallest absolute Gasteiger partial charge is 0.303 e. The van der Waals surface area contributed by atoms with Gasteiger partial charge in [0.1, 0.15) is 0 Å². The summed E-state index contributed by atoms with van der Waals surface area (Å²) in [5, 5.41) is 11.7. The van der Waals surface area contributed by atoms with Gasteiger partial charge in [0, 0.05) is 4.88 Å². The number of nitrogens with zero attached hydrogens (tertiary/aromatic N) is 1. The Hall–Kier alpha value is -1.67. The molecule has 0 unspecified atom stereocenters. The van der Waals surface area contributed by atoms with Gasteiger partial charge < -0.3 is 9.52 Å². The summed E-state index contributed by atoms with van der Waals surface area (Å²) >= 11 is 4.39. The van der Waals surface area contributed by atoms with Gasteiger partial charge in [0.25, 0.3) is 5.91 Å². The van der Waals surface area contributed by atoms with Gasteiger partial charge in [-0.2, -0.15) is 0 Å². The molecule has 0 radical (unpaired) electrons. The Labute approximate surface area is 127 Å². The van der Waals surface area contributed by atoms with Crippen LogP contribution < -0.4 is 5.32 Å². The van der Waals surface area contributed by atoms with Gasteiger partial charge in [-0.3, -0.25) is 14.9 Å². The van der Waals surface area contributed by atoms with Crippen molar-refractivity contribution in [2.45, 2.75) is 19.8 Å². The van der Waals surface area contributed by atoms with Gasteiger partial charge >= 0.3 is 5.97 Å². The Kier molecular flexibility index (Phi) is 4.56. The number of aryl methyl sites for hydroxylation is 2. The molecule has 2 rings (SSSR count). The van der Waals surface area contributed by atoms with Crippen LogP contribution in [0.3, 0.4) is 0 Å². The number of aliphatic carboxylic acids is 1. The number of thiazole rings is 1. The van der Waals surface area contributed by atoms with Crippen LogP contribution in [-0.2, 0) is 11.2 Å². The number of amides is 1. The second-order valence-electron chi connectivity index (χ2n) is 3.98. The number of carboxylic acid groups (broad SMARTS) is 1. The van der Waals surface area contributed by atoms with Gasteiger partial charge in [-0.1, -0.05) is 0 Å². The van der Waals surface area contributed by atoms with E-state index in [1.54, 1.807) is 19.1 Å². The van der Waals surface area contributed by atoms with Crippen LogP contribution in [-0.4, -0.2) is 22.0 Å². The molecule has 0 bridgehead atoms. The zero-order valence-corrected chi connectivity index (χ0v) is 12.9. The minimum absolute atomic E-state index is 0.0432. The zero-order chi connectivity index (χ0) is 14.7. The molecule has 0 aliphatic heterocycles. The summed E-state index contributed by atoms with van der Waals surface area (Å²) in [6, 6.07) is 3.17. The van der Waals surface area contributed by atoms with E-state index in [2.05, 4.69) is 26.2 Å². The van der Waals surface area contributed by atoms with Gasteiger partial charge in [0.2, 0.25) is 0 Å². The number of carboxylic acids is 1. The molecule has 0 spiro atoms. The van der Waals surface area contributed by atoms with Crippen molar-refractivity contribution in [3.05, 3.63) is 33.1 Å². The standard InChI is InChI=1S/C12H11BrN2O4S/c1-6-8(3-5-10(16)17)20-12(14-6)15-11(18)7-2-4-9(13)19-7/h2,4H,3,5H2,1H3,(H,16,17)(H,14,15,18). The molecule has 2 heterocycles. The predicted molar refractivity (Wildman–Crippen MR) is 77.2 cm³/mol. The van der Waals surface area contributed by atoms with Crippen molar-refractivity contribution in [2.75, 3.05) is 5.32 Å². The fourth-order valence-electron chi connectivity index (χ4n) is 1.53. The third-order valence-corrected chi connectivity index (χ3v) is 4.03. The molecule has 1 amide bonds. The van der Waals surface area contributed by atoms with Crippen LogP contribution in [0, 0.1) is 6.92 Å². The van der Waals surface area contributed by atoms with Crippen LogP contribution in [0.5, 0.6) is 0 Å². The molecule has 2 aromatic heterocycles. The highest BCUT2D eigenvalue weighted by molar-refractivity contribution is 9.10. The van der Waals surface area contributed by atoms with E-state index in [0.717, 1.165) is 10.6 Å². The molecular weight excluding hydrogens is 348 g/mol. The van der Waals surface area contributed by atoms with Crippen LogP contribution in [0.4, 0.5) is 5.13 Å². The Morgan fingerprint density at radius 3 is 2.85 bits per heavy atom. The van der Waals surface area contributed by atoms with Crippen molar-refractivity contribution in [1.29, 1.82) is 0 Å². The summed E-state index contributed by atoms with van der Waals surface area (Å²) in [5.74, 6) is -1.07. The third kappa shape index (κ3) is 3.67. The van der Waals surface area contributed by atoms with Crippen molar-refractivity contribution in [3.8, 4) is 0 Å². The molecule has 0 saturated heterocycles. The minimum Gasteiger partial charge on any atom is -0.481 e. The maximum atomic E-state index is 11.9. The number of hydrogen-bond acceptors (Lipinski definition) is 5. The molecule has 0 aromatic carbocycles. The molecule has 0 aliphatic rings. The van der Waals surface area contributed by atoms with Crippen molar-refractivity contribution in [1.82, 2.24) is 4.98 Å². The lowest BCUT2D eigenvalue weighted by Gasteiger charge is -1.97. The average molecular weight is 359 g/mol. The highest BCUT2D eigenvalue weighted by atomic mass is 79.9. The molecule has 0 fully saturated rings. The molecule has 2 N–H and O–H groups in total. The number of halogens is 1. The lowest BCUT2D eigenvalue weighted by molar-refractivity contribution is -0.136. The number of rotatable bonds is 5. The summed E-state index contributed by atoms with van der Waals surface area (Å²) < 4.78 is 5.61. The maximum absolute atomic E-state index is 11.9. The largest absolute Gasteiger partial charge is 0.481 e. The number of anilines is 1. The van der Waals surface area contributed by atoms with E-state index in [9.17, 15) is 9.59 Å². The first-order valence-electron chi connectivity index (χ1n) is 5.70. The number of aromatic nitrogens is 1. The molecule has 0 aliphatic carbocycles. The molecule has 106 valence electrons. The summed E-state index contributed by atoms with van der Waals surface area (Å²) in [7, 11) is 0. The Bertz CT molecular complexity index is 650. The Morgan fingerprint density at radius 2 is 2.25 bits per heavy atom. The molecular formula is C12H11BrN2O4S. The fraction of sp³-hybridized carbons (Fsp3) is 0.250. The topological polar surface area (TPSA) is 92.4 Å². The van der Waals surface area contributed by atoms with Crippen LogP contribution in [0.25, 0.3) is 0 Å². The SMILES string of the molecule is Cc1nc(NC(=O)c2ccc(Br)o2)sc1CCC(=O)O. The first-order chi connectivity index (χ1) is 9.45. The Morgan fingerprint density at radius 1 is 1.50 bits per heavy atom. The van der Waals surface area contributed by atoms with Crippen molar-refractivity contribution in [2.24, 2.45) is 0 Å². The van der Waals surface area contributed by atoms with E-state index in [-0.39, 0.29) is 12.2 Å². The van der Waals surface area contributed by atoms with Crippen molar-refractivity contribution >= 4 is 44.3 Å². The van der Waals surface area contributed by atoms with Crippen molar-refractivity contribution < 1.29 is 19.1 Å². The van der Waals surface area contributed by atoms with E-state index in [0.29, 0.717) is 16.2 Å². The number of carbonyl (C=O) groups is 2. The molecule has 6 nitrogen and oxygen atoms in total. The summed E-state index contributed by atoms with van der Waals surface area (Å²) in [4.78, 5) is 27.5. The lowest BCUT2D eigenvalue weighted by Crippen LogP contribution is -2.10. The molecule has 2 aromatic rings. The minimum atomic E-state index is -0.858. The second kappa shape index (κ2) is 6.19. The normalized spacial score (nSPS) is 10.5. The number of nitrogens with one attached hydrogen (secondary N) is 1. The van der Waals surface area contributed by atoms with E-state index >= 15 is 0 Å². The van der Waals surface area contributed by atoms with Crippen LogP contribution in [0.1, 0.15) is 27.5 Å². The zero-order valence-electron chi connectivity index (χ0n) is 10.5. The first-order valence-corrected chi connectivity index (χ1v) is 7.31.